The van der Waals surface area contributed by atoms with Gasteiger partial charge in [0.2, 0.25) is 15.9 Å². The molecule has 1 aromatic heterocycles. The Bertz CT molecular complexity index is 601. The number of nitriles is 1. The number of carbonyl (C=O) groups is 1. The fourth-order valence-electron chi connectivity index (χ4n) is 1.53. The molecular weight excluding hydrogens is 280 g/mol. The quantitative estimate of drug-likeness (QED) is 0.802. The van der Waals surface area contributed by atoms with Crippen LogP contribution in [0.25, 0.3) is 0 Å². The van der Waals surface area contributed by atoms with Crippen molar-refractivity contribution in [3.63, 3.8) is 0 Å². The summed E-state index contributed by atoms with van der Waals surface area (Å²) in [6.07, 6.45) is 1.09. The Morgan fingerprint density at radius 2 is 2.05 bits per heavy atom. The van der Waals surface area contributed by atoms with E-state index in [1.165, 1.54) is 17.0 Å². The van der Waals surface area contributed by atoms with Crippen LogP contribution in [0.5, 0.6) is 0 Å². The molecule has 0 saturated carbocycles. The Balaban J connectivity index is 2.75. The van der Waals surface area contributed by atoms with Gasteiger partial charge in [-0.05, 0) is 26.0 Å². The number of carbonyl (C=O) groups excluding carboxylic acids is 1. The minimum atomic E-state index is -3.80. The number of hydrogen-bond donors (Lipinski definition) is 1. The molecule has 0 fully saturated rings. The lowest BCUT2D eigenvalue weighted by atomic mass is 10.4. The Morgan fingerprint density at radius 3 is 2.50 bits per heavy atom. The summed E-state index contributed by atoms with van der Waals surface area (Å²) in [5.74, 6) is -0.292. The number of nitrogens with one attached hydrogen (secondary N) is 1. The summed E-state index contributed by atoms with van der Waals surface area (Å²) >= 11 is 0. The van der Waals surface area contributed by atoms with Crippen LogP contribution in [0.1, 0.15) is 19.5 Å². The molecule has 0 spiro atoms. The topological polar surface area (TPSA) is 103 Å². The highest BCUT2D eigenvalue weighted by Gasteiger charge is 2.17. The fourth-order valence-corrected chi connectivity index (χ4v) is 2.45. The summed E-state index contributed by atoms with van der Waals surface area (Å²) in [6.45, 7) is 4.38. The van der Waals surface area contributed by atoms with Crippen molar-refractivity contribution in [3.8, 4) is 6.07 Å². The van der Waals surface area contributed by atoms with Crippen molar-refractivity contribution in [2.75, 3.05) is 19.6 Å². The van der Waals surface area contributed by atoms with Crippen molar-refractivity contribution in [2.45, 2.75) is 18.7 Å². The predicted octanol–water partition coefficient (Wildman–Crippen LogP) is 0.1000. The average molecular weight is 296 g/mol. The highest BCUT2D eigenvalue weighted by molar-refractivity contribution is 7.89. The first kappa shape index (κ1) is 16.1. The third kappa shape index (κ3) is 4.01. The van der Waals surface area contributed by atoms with Gasteiger partial charge in [0.1, 0.15) is 16.7 Å². The molecule has 0 aliphatic heterocycles. The van der Waals surface area contributed by atoms with Crippen molar-refractivity contribution in [1.29, 1.82) is 5.26 Å². The smallest absolute Gasteiger partial charge is 0.242 e. The van der Waals surface area contributed by atoms with E-state index < -0.39 is 10.0 Å². The molecule has 0 aliphatic carbocycles. The summed E-state index contributed by atoms with van der Waals surface area (Å²) in [7, 11) is -3.80. The van der Waals surface area contributed by atoms with Crippen LogP contribution in [0.3, 0.4) is 0 Å². The number of rotatable bonds is 6. The van der Waals surface area contributed by atoms with Crippen LogP contribution in [0.2, 0.25) is 0 Å². The number of hydrogen-bond acceptors (Lipinski definition) is 5. The molecule has 20 heavy (non-hydrogen) atoms. The van der Waals surface area contributed by atoms with E-state index in [0.29, 0.717) is 13.1 Å². The van der Waals surface area contributed by atoms with E-state index >= 15 is 0 Å². The largest absolute Gasteiger partial charge is 0.342 e. The van der Waals surface area contributed by atoms with Gasteiger partial charge in [-0.15, -0.1) is 0 Å². The van der Waals surface area contributed by atoms with E-state index in [0.717, 1.165) is 6.20 Å². The predicted molar refractivity (Wildman–Crippen MR) is 72.1 cm³/mol. The normalized spacial score (nSPS) is 10.8. The van der Waals surface area contributed by atoms with Crippen molar-refractivity contribution in [2.24, 2.45) is 0 Å². The zero-order valence-electron chi connectivity index (χ0n) is 11.3. The Kier molecular flexibility index (Phi) is 5.61. The number of likely N-dealkylation sites (N-methyl/N-ethyl adjacent to an activating group) is 1. The number of amides is 1. The van der Waals surface area contributed by atoms with Crippen LogP contribution < -0.4 is 4.72 Å². The molecule has 7 nitrogen and oxygen atoms in total. The SMILES string of the molecule is CCN(CC)C(=O)CNS(=O)(=O)c1ccc(C#N)nc1. The van der Waals surface area contributed by atoms with Crippen molar-refractivity contribution < 1.29 is 13.2 Å². The summed E-state index contributed by atoms with van der Waals surface area (Å²) in [6, 6.07) is 4.38. The second-order valence-electron chi connectivity index (χ2n) is 3.88. The van der Waals surface area contributed by atoms with Crippen LogP contribution in [0.4, 0.5) is 0 Å². The molecular formula is C12H16N4O3S. The minimum absolute atomic E-state index is 0.0798. The molecule has 108 valence electrons. The highest BCUT2D eigenvalue weighted by Crippen LogP contribution is 2.07. The maximum atomic E-state index is 11.9. The molecule has 0 saturated heterocycles. The van der Waals surface area contributed by atoms with Crippen molar-refractivity contribution >= 4 is 15.9 Å². The monoisotopic (exact) mass is 296 g/mol. The van der Waals surface area contributed by atoms with E-state index in [2.05, 4.69) is 9.71 Å². The summed E-state index contributed by atoms with van der Waals surface area (Å²) in [4.78, 5) is 16.9. The zero-order chi connectivity index (χ0) is 15.2. The molecule has 0 unspecified atom stereocenters. The zero-order valence-corrected chi connectivity index (χ0v) is 12.1. The molecule has 0 aliphatic rings. The summed E-state index contributed by atoms with van der Waals surface area (Å²) in [5, 5.41) is 8.60. The standard InChI is InChI=1S/C12H16N4O3S/c1-3-16(4-2)12(17)9-15-20(18,19)11-6-5-10(7-13)14-8-11/h5-6,8,15H,3-4,9H2,1-2H3. The second-order valence-corrected chi connectivity index (χ2v) is 5.65. The lowest BCUT2D eigenvalue weighted by molar-refractivity contribution is -0.129. The Morgan fingerprint density at radius 1 is 1.40 bits per heavy atom. The molecule has 8 heteroatoms. The van der Waals surface area contributed by atoms with Gasteiger partial charge in [0.15, 0.2) is 0 Å². The van der Waals surface area contributed by atoms with E-state index in [9.17, 15) is 13.2 Å². The van der Waals surface area contributed by atoms with Gasteiger partial charge in [0.25, 0.3) is 0 Å². The highest BCUT2D eigenvalue weighted by atomic mass is 32.2. The van der Waals surface area contributed by atoms with Crippen molar-refractivity contribution in [3.05, 3.63) is 24.0 Å². The van der Waals surface area contributed by atoms with E-state index in [1.807, 2.05) is 13.8 Å². The third-order valence-corrected chi connectivity index (χ3v) is 4.08. The molecule has 1 heterocycles. The number of sulfonamides is 1. The van der Waals surface area contributed by atoms with Crippen LogP contribution in [-0.4, -0.2) is 43.8 Å². The van der Waals surface area contributed by atoms with E-state index in [-0.39, 0.29) is 23.0 Å². The molecule has 0 aromatic carbocycles. The van der Waals surface area contributed by atoms with Gasteiger partial charge in [0, 0.05) is 19.3 Å². The van der Waals surface area contributed by atoms with Crippen LogP contribution >= 0.6 is 0 Å². The molecule has 1 aromatic rings. The number of nitrogens with zero attached hydrogens (tertiary/aromatic N) is 3. The van der Waals surface area contributed by atoms with Crippen LogP contribution in [0.15, 0.2) is 23.2 Å². The molecule has 1 amide bonds. The molecule has 1 N–H and O–H groups in total. The third-order valence-electron chi connectivity index (χ3n) is 2.69. The first-order valence-corrected chi connectivity index (χ1v) is 7.56. The maximum absolute atomic E-state index is 11.9. The van der Waals surface area contributed by atoms with Gasteiger partial charge < -0.3 is 4.90 Å². The van der Waals surface area contributed by atoms with Gasteiger partial charge >= 0.3 is 0 Å². The number of pyridine rings is 1. The molecule has 0 radical (unpaired) electrons. The van der Waals surface area contributed by atoms with Gasteiger partial charge in [-0.25, -0.2) is 18.1 Å². The Hall–Kier alpha value is -1.98. The van der Waals surface area contributed by atoms with Gasteiger partial charge in [-0.2, -0.15) is 5.26 Å². The first-order valence-electron chi connectivity index (χ1n) is 6.08. The van der Waals surface area contributed by atoms with Crippen LogP contribution in [0, 0.1) is 11.3 Å². The number of aromatic nitrogens is 1. The molecule has 0 bridgehead atoms. The van der Waals surface area contributed by atoms with Crippen LogP contribution in [-0.2, 0) is 14.8 Å². The lowest BCUT2D eigenvalue weighted by Gasteiger charge is -2.18. The lowest BCUT2D eigenvalue weighted by Crippen LogP contribution is -2.39. The summed E-state index contributed by atoms with van der Waals surface area (Å²) < 4.78 is 26.1. The van der Waals surface area contributed by atoms with Crippen molar-refractivity contribution in [1.82, 2.24) is 14.6 Å². The average Bonchev–Trinajstić information content (AvgIpc) is 2.46. The van der Waals surface area contributed by atoms with Gasteiger partial charge in [0.05, 0.1) is 6.54 Å². The second kappa shape index (κ2) is 6.98. The van der Waals surface area contributed by atoms with E-state index in [4.69, 9.17) is 5.26 Å². The maximum Gasteiger partial charge on any atom is 0.242 e. The van der Waals surface area contributed by atoms with E-state index in [1.54, 1.807) is 6.07 Å². The first-order chi connectivity index (χ1) is 9.44. The van der Waals surface area contributed by atoms with Gasteiger partial charge in [-0.1, -0.05) is 0 Å². The molecule has 1 rings (SSSR count). The van der Waals surface area contributed by atoms with Gasteiger partial charge in [-0.3, -0.25) is 4.79 Å². The Labute approximate surface area is 118 Å². The molecule has 0 atom stereocenters. The fraction of sp³-hybridized carbons (Fsp3) is 0.417. The minimum Gasteiger partial charge on any atom is -0.342 e. The summed E-state index contributed by atoms with van der Waals surface area (Å²) in [5.41, 5.74) is 0.128.